The number of sulfonamides is 1. The number of anilines is 1. The van der Waals surface area contributed by atoms with Crippen molar-refractivity contribution in [1.29, 1.82) is 0 Å². The van der Waals surface area contributed by atoms with Crippen LogP contribution in [0.5, 0.6) is 0 Å². The van der Waals surface area contributed by atoms with E-state index in [4.69, 9.17) is 0 Å². The van der Waals surface area contributed by atoms with Gasteiger partial charge in [-0.15, -0.1) is 0 Å². The normalized spacial score (nSPS) is 14.8. The van der Waals surface area contributed by atoms with Crippen LogP contribution < -0.4 is 9.62 Å². The average molecular weight is 458 g/mol. The van der Waals surface area contributed by atoms with E-state index in [1.54, 1.807) is 6.07 Å². The van der Waals surface area contributed by atoms with Crippen molar-refractivity contribution in [2.45, 2.75) is 52.1 Å². The zero-order valence-corrected chi connectivity index (χ0v) is 20.0. The molecule has 0 aromatic heterocycles. The first-order valence-corrected chi connectivity index (χ1v) is 13.3. The highest BCUT2D eigenvalue weighted by Crippen LogP contribution is 2.19. The lowest BCUT2D eigenvalue weighted by Crippen LogP contribution is -2.32. The second-order valence-electron chi connectivity index (χ2n) is 8.71. The van der Waals surface area contributed by atoms with Crippen LogP contribution in [0.1, 0.15) is 48.8 Å². The number of hydrogen-bond donors (Lipinski definition) is 1. The van der Waals surface area contributed by atoms with Crippen LogP contribution in [0.2, 0.25) is 0 Å². The van der Waals surface area contributed by atoms with Gasteiger partial charge in [0.25, 0.3) is 0 Å². The van der Waals surface area contributed by atoms with Crippen LogP contribution >= 0.6 is 0 Å². The van der Waals surface area contributed by atoms with Gasteiger partial charge >= 0.3 is 0 Å². The van der Waals surface area contributed by atoms with Crippen molar-refractivity contribution in [2.75, 3.05) is 30.2 Å². The molecule has 0 radical (unpaired) electrons. The number of carbonyl (C=O) groups is 1. The van der Waals surface area contributed by atoms with Crippen molar-refractivity contribution in [3.8, 4) is 0 Å². The van der Waals surface area contributed by atoms with Gasteiger partial charge in [-0.25, -0.2) is 8.42 Å². The maximum atomic E-state index is 12.4. The molecule has 0 aliphatic carbocycles. The summed E-state index contributed by atoms with van der Waals surface area (Å²) >= 11 is 0. The molecular weight excluding hydrogens is 422 g/mol. The maximum Gasteiger partial charge on any atom is 0.232 e. The number of hydrogen-bond acceptors (Lipinski definition) is 4. The Morgan fingerprint density at radius 2 is 1.75 bits per heavy atom. The van der Waals surface area contributed by atoms with Gasteiger partial charge in [-0.3, -0.25) is 14.0 Å². The van der Waals surface area contributed by atoms with Crippen LogP contribution in [0.25, 0.3) is 0 Å². The Balaban J connectivity index is 1.47. The number of amides is 1. The van der Waals surface area contributed by atoms with Gasteiger partial charge < -0.3 is 5.32 Å². The number of rotatable bonds is 10. The molecule has 6 nitrogen and oxygen atoms in total. The van der Waals surface area contributed by atoms with Crippen LogP contribution in [0, 0.1) is 6.92 Å². The van der Waals surface area contributed by atoms with Gasteiger partial charge in [0, 0.05) is 26.1 Å². The van der Waals surface area contributed by atoms with Gasteiger partial charge in [-0.2, -0.15) is 0 Å². The summed E-state index contributed by atoms with van der Waals surface area (Å²) < 4.78 is 25.8. The molecule has 1 fully saturated rings. The predicted molar refractivity (Wildman–Crippen MR) is 130 cm³/mol. The first kappa shape index (κ1) is 24.3. The van der Waals surface area contributed by atoms with E-state index >= 15 is 0 Å². The molecule has 2 aromatic carbocycles. The zero-order valence-electron chi connectivity index (χ0n) is 19.2. The maximum absolute atomic E-state index is 12.4. The van der Waals surface area contributed by atoms with Crippen LogP contribution in [-0.2, 0) is 27.9 Å². The average Bonchev–Trinajstić information content (AvgIpc) is 2.75. The van der Waals surface area contributed by atoms with Crippen LogP contribution in [0.3, 0.4) is 0 Å². The van der Waals surface area contributed by atoms with Gasteiger partial charge in [-0.1, -0.05) is 42.8 Å². The molecule has 0 bridgehead atoms. The summed E-state index contributed by atoms with van der Waals surface area (Å²) in [4.78, 5) is 14.8. The molecule has 32 heavy (non-hydrogen) atoms. The standard InChI is InChI=1S/C25H35N3O3S/c1-21-9-6-12-24(17-21)28(32(2,30)31)16-8-13-25(29)26-19-22-10-7-11-23(18-22)20-27-14-4-3-5-15-27/h6-7,9-12,17-18H,3-5,8,13-16,19-20H2,1-2H3,(H,26,29). The number of likely N-dealkylation sites (tertiary alicyclic amines) is 1. The number of benzene rings is 2. The monoisotopic (exact) mass is 457 g/mol. The SMILES string of the molecule is Cc1cccc(N(CCCC(=O)NCc2cccc(CN3CCCCC3)c2)S(C)(=O)=O)c1. The molecule has 1 amide bonds. The van der Waals surface area contributed by atoms with Crippen molar-refractivity contribution >= 4 is 21.6 Å². The highest BCUT2D eigenvalue weighted by Gasteiger charge is 2.17. The summed E-state index contributed by atoms with van der Waals surface area (Å²) in [5, 5.41) is 2.97. The van der Waals surface area contributed by atoms with Crippen LogP contribution in [-0.4, -0.2) is 45.1 Å². The van der Waals surface area contributed by atoms with Gasteiger partial charge in [0.2, 0.25) is 15.9 Å². The van der Waals surface area contributed by atoms with Crippen molar-refractivity contribution < 1.29 is 13.2 Å². The predicted octanol–water partition coefficient (Wildman–Crippen LogP) is 3.84. The summed E-state index contributed by atoms with van der Waals surface area (Å²) in [6, 6.07) is 15.8. The lowest BCUT2D eigenvalue weighted by Gasteiger charge is -2.26. The zero-order chi connectivity index (χ0) is 23.0. The Hall–Kier alpha value is -2.38. The molecule has 1 aliphatic rings. The minimum atomic E-state index is -3.41. The Morgan fingerprint density at radius 3 is 2.47 bits per heavy atom. The Bertz CT molecular complexity index is 1000. The second kappa shape index (κ2) is 11.5. The number of piperidine rings is 1. The molecule has 174 valence electrons. The first-order chi connectivity index (χ1) is 15.3. The van der Waals surface area contributed by atoms with Crippen molar-refractivity contribution in [3.05, 3.63) is 65.2 Å². The minimum absolute atomic E-state index is 0.0656. The minimum Gasteiger partial charge on any atom is -0.352 e. The highest BCUT2D eigenvalue weighted by atomic mass is 32.2. The van der Waals surface area contributed by atoms with E-state index < -0.39 is 10.0 Å². The van der Waals surface area contributed by atoms with E-state index in [1.807, 2.05) is 37.3 Å². The molecule has 1 N–H and O–H groups in total. The Morgan fingerprint density at radius 1 is 1.03 bits per heavy atom. The lowest BCUT2D eigenvalue weighted by atomic mass is 10.1. The third kappa shape index (κ3) is 7.64. The lowest BCUT2D eigenvalue weighted by molar-refractivity contribution is -0.121. The largest absolute Gasteiger partial charge is 0.352 e. The number of carbonyl (C=O) groups excluding carboxylic acids is 1. The summed E-state index contributed by atoms with van der Waals surface area (Å²) in [6.07, 6.45) is 5.82. The summed E-state index contributed by atoms with van der Waals surface area (Å²) in [5.41, 5.74) is 4.00. The number of aryl methyl sites for hydroxylation is 1. The highest BCUT2D eigenvalue weighted by molar-refractivity contribution is 7.92. The van der Waals surface area contributed by atoms with Gasteiger partial charge in [0.15, 0.2) is 0 Å². The molecule has 2 aromatic rings. The molecule has 1 saturated heterocycles. The summed E-state index contributed by atoms with van der Waals surface area (Å²) in [5.74, 6) is -0.0656. The van der Waals surface area contributed by atoms with Crippen molar-refractivity contribution in [3.63, 3.8) is 0 Å². The molecule has 0 saturated carbocycles. The quantitative estimate of drug-likeness (QED) is 0.588. The first-order valence-electron chi connectivity index (χ1n) is 11.4. The van der Waals surface area contributed by atoms with E-state index in [0.29, 0.717) is 18.7 Å². The van der Waals surface area contributed by atoms with Gasteiger partial charge in [0.05, 0.1) is 11.9 Å². The van der Waals surface area contributed by atoms with E-state index in [2.05, 4.69) is 22.3 Å². The fraction of sp³-hybridized carbons (Fsp3) is 0.480. The Kier molecular flexibility index (Phi) is 8.70. The van der Waals surface area contributed by atoms with Gasteiger partial charge in [0.1, 0.15) is 0 Å². The van der Waals surface area contributed by atoms with E-state index in [0.717, 1.165) is 30.8 Å². The molecule has 1 heterocycles. The van der Waals surface area contributed by atoms with E-state index in [9.17, 15) is 13.2 Å². The third-order valence-electron chi connectivity index (χ3n) is 5.79. The number of nitrogens with one attached hydrogen (secondary N) is 1. The molecule has 7 heteroatoms. The summed E-state index contributed by atoms with van der Waals surface area (Å²) in [7, 11) is -3.41. The smallest absolute Gasteiger partial charge is 0.232 e. The Labute approximate surface area is 192 Å². The fourth-order valence-corrected chi connectivity index (χ4v) is 5.11. The molecule has 1 aliphatic heterocycles. The molecule has 3 rings (SSSR count). The summed E-state index contributed by atoms with van der Waals surface area (Å²) in [6.45, 7) is 5.98. The topological polar surface area (TPSA) is 69.7 Å². The van der Waals surface area contributed by atoms with E-state index in [-0.39, 0.29) is 18.9 Å². The molecular formula is C25H35N3O3S. The van der Waals surface area contributed by atoms with Gasteiger partial charge in [-0.05, 0) is 68.1 Å². The molecule has 0 spiro atoms. The fourth-order valence-electron chi connectivity index (χ4n) is 4.16. The van der Waals surface area contributed by atoms with E-state index in [1.165, 1.54) is 35.4 Å². The van der Waals surface area contributed by atoms with Crippen LogP contribution in [0.4, 0.5) is 5.69 Å². The van der Waals surface area contributed by atoms with Crippen LogP contribution in [0.15, 0.2) is 48.5 Å². The van der Waals surface area contributed by atoms with Crippen molar-refractivity contribution in [2.24, 2.45) is 0 Å². The van der Waals surface area contributed by atoms with Crippen molar-refractivity contribution in [1.82, 2.24) is 10.2 Å². The molecule has 0 unspecified atom stereocenters. The molecule has 0 atom stereocenters. The second-order valence-corrected chi connectivity index (χ2v) is 10.6. The third-order valence-corrected chi connectivity index (χ3v) is 6.99. The number of nitrogens with zero attached hydrogens (tertiary/aromatic N) is 2.